The number of benzene rings is 1. The molecule has 0 fully saturated rings. The van der Waals surface area contributed by atoms with Crippen molar-refractivity contribution in [3.63, 3.8) is 0 Å². The van der Waals surface area contributed by atoms with E-state index >= 15 is 0 Å². The third-order valence-electron chi connectivity index (χ3n) is 3.83. The van der Waals surface area contributed by atoms with Crippen molar-refractivity contribution in [3.8, 4) is 16.9 Å². The first-order valence-corrected chi connectivity index (χ1v) is 7.46. The van der Waals surface area contributed by atoms with E-state index in [2.05, 4.69) is 15.4 Å². The van der Waals surface area contributed by atoms with Crippen molar-refractivity contribution < 1.29 is 13.5 Å². The normalized spacial score (nSPS) is 10.8. The zero-order valence-electron chi connectivity index (χ0n) is 14.0. The molecule has 0 aliphatic rings. The number of nitrogens with zero attached hydrogens (tertiary/aromatic N) is 3. The Bertz CT molecular complexity index is 916. The number of aryl methyl sites for hydroxylation is 2. The standard InChI is InChI=1S/C17H17F2N5O/c1-9-15(16-11(18)6-10(25-3)7-12(16)19)17(24(2)23-9)22-14-4-5-21-8-13(14)20/h4-8H,20H2,1-3H3,(H,21,22). The van der Waals surface area contributed by atoms with Crippen LogP contribution in [0.15, 0.2) is 30.6 Å². The van der Waals surface area contributed by atoms with E-state index in [1.165, 1.54) is 18.0 Å². The average molecular weight is 345 g/mol. The number of nitrogen functional groups attached to an aromatic ring is 1. The van der Waals surface area contributed by atoms with Crippen LogP contribution < -0.4 is 15.8 Å². The number of aromatic nitrogens is 3. The van der Waals surface area contributed by atoms with Crippen LogP contribution in [0.5, 0.6) is 5.75 Å². The molecule has 0 unspecified atom stereocenters. The van der Waals surface area contributed by atoms with E-state index in [9.17, 15) is 8.78 Å². The Morgan fingerprint density at radius 3 is 2.48 bits per heavy atom. The molecule has 0 aliphatic heterocycles. The van der Waals surface area contributed by atoms with Gasteiger partial charge in [0.15, 0.2) is 0 Å². The minimum absolute atomic E-state index is 0.105. The van der Waals surface area contributed by atoms with Gasteiger partial charge in [0.05, 0.1) is 41.5 Å². The third-order valence-corrected chi connectivity index (χ3v) is 3.83. The van der Waals surface area contributed by atoms with Crippen LogP contribution in [0.25, 0.3) is 11.1 Å². The number of halogens is 2. The van der Waals surface area contributed by atoms with Crippen LogP contribution in [0.4, 0.5) is 26.0 Å². The summed E-state index contributed by atoms with van der Waals surface area (Å²) in [5, 5.41) is 7.35. The molecule has 25 heavy (non-hydrogen) atoms. The summed E-state index contributed by atoms with van der Waals surface area (Å²) in [5.74, 6) is -0.955. The number of anilines is 3. The summed E-state index contributed by atoms with van der Waals surface area (Å²) < 4.78 is 35.5. The number of rotatable bonds is 4. The van der Waals surface area contributed by atoms with Gasteiger partial charge in [0.2, 0.25) is 0 Å². The number of hydrogen-bond donors (Lipinski definition) is 2. The van der Waals surface area contributed by atoms with E-state index < -0.39 is 11.6 Å². The van der Waals surface area contributed by atoms with Crippen LogP contribution in [0.2, 0.25) is 0 Å². The lowest BCUT2D eigenvalue weighted by Gasteiger charge is -2.13. The molecule has 0 saturated heterocycles. The predicted molar refractivity (Wildman–Crippen MR) is 91.8 cm³/mol. The first-order chi connectivity index (χ1) is 11.9. The Morgan fingerprint density at radius 2 is 1.88 bits per heavy atom. The minimum atomic E-state index is -0.737. The summed E-state index contributed by atoms with van der Waals surface area (Å²) in [4.78, 5) is 3.92. The number of nitrogens with one attached hydrogen (secondary N) is 1. The Balaban J connectivity index is 2.17. The van der Waals surface area contributed by atoms with Crippen molar-refractivity contribution in [2.45, 2.75) is 6.92 Å². The maximum atomic E-state index is 14.6. The van der Waals surface area contributed by atoms with E-state index in [1.807, 2.05) is 0 Å². The van der Waals surface area contributed by atoms with Gasteiger partial charge in [-0.1, -0.05) is 0 Å². The minimum Gasteiger partial charge on any atom is -0.497 e. The zero-order chi connectivity index (χ0) is 18.1. The van der Waals surface area contributed by atoms with Crippen molar-refractivity contribution in [1.29, 1.82) is 0 Å². The van der Waals surface area contributed by atoms with E-state index in [-0.39, 0.29) is 11.3 Å². The van der Waals surface area contributed by atoms with Crippen LogP contribution in [0, 0.1) is 18.6 Å². The zero-order valence-corrected chi connectivity index (χ0v) is 14.0. The SMILES string of the molecule is COc1cc(F)c(-c2c(C)nn(C)c2Nc2ccncc2N)c(F)c1. The van der Waals surface area contributed by atoms with Crippen molar-refractivity contribution in [1.82, 2.24) is 14.8 Å². The highest BCUT2D eigenvalue weighted by molar-refractivity contribution is 5.83. The van der Waals surface area contributed by atoms with Gasteiger partial charge in [0.25, 0.3) is 0 Å². The first kappa shape index (κ1) is 16.7. The maximum Gasteiger partial charge on any atom is 0.137 e. The van der Waals surface area contributed by atoms with E-state index in [4.69, 9.17) is 10.5 Å². The van der Waals surface area contributed by atoms with Crippen molar-refractivity contribution >= 4 is 17.2 Å². The van der Waals surface area contributed by atoms with Gasteiger partial charge in [0.1, 0.15) is 23.2 Å². The molecule has 2 heterocycles. The topological polar surface area (TPSA) is 78.0 Å². The summed E-state index contributed by atoms with van der Waals surface area (Å²) in [5.41, 5.74) is 7.47. The predicted octanol–water partition coefficient (Wildman–Crippen LogP) is 3.40. The summed E-state index contributed by atoms with van der Waals surface area (Å²) in [7, 11) is 3.03. The second-order valence-corrected chi connectivity index (χ2v) is 5.49. The highest BCUT2D eigenvalue weighted by Crippen LogP contribution is 2.38. The summed E-state index contributed by atoms with van der Waals surface area (Å²) in [6.07, 6.45) is 3.05. The molecule has 0 atom stereocenters. The molecule has 3 aromatic rings. The van der Waals surface area contributed by atoms with Gasteiger partial charge < -0.3 is 15.8 Å². The highest BCUT2D eigenvalue weighted by atomic mass is 19.1. The van der Waals surface area contributed by atoms with Crippen molar-refractivity contribution in [3.05, 3.63) is 47.9 Å². The van der Waals surface area contributed by atoms with Gasteiger partial charge in [-0.15, -0.1) is 0 Å². The maximum absolute atomic E-state index is 14.6. The van der Waals surface area contributed by atoms with Crippen molar-refractivity contribution in [2.24, 2.45) is 7.05 Å². The van der Waals surface area contributed by atoms with Gasteiger partial charge >= 0.3 is 0 Å². The number of hydrogen-bond acceptors (Lipinski definition) is 5. The fraction of sp³-hybridized carbons (Fsp3) is 0.176. The summed E-state index contributed by atoms with van der Waals surface area (Å²) in [6.45, 7) is 1.68. The molecule has 3 rings (SSSR count). The fourth-order valence-electron chi connectivity index (χ4n) is 2.66. The lowest BCUT2D eigenvalue weighted by molar-refractivity contribution is 0.407. The van der Waals surface area contributed by atoms with Crippen LogP contribution in [0.1, 0.15) is 5.69 Å². The largest absolute Gasteiger partial charge is 0.497 e. The van der Waals surface area contributed by atoms with Crippen LogP contribution >= 0.6 is 0 Å². The molecule has 130 valence electrons. The smallest absolute Gasteiger partial charge is 0.137 e. The molecule has 2 aromatic heterocycles. The number of pyridine rings is 1. The number of nitrogens with two attached hydrogens (primary N) is 1. The monoisotopic (exact) mass is 345 g/mol. The molecule has 0 spiro atoms. The molecule has 6 nitrogen and oxygen atoms in total. The third kappa shape index (κ3) is 2.98. The van der Waals surface area contributed by atoms with E-state index in [0.29, 0.717) is 28.5 Å². The molecule has 0 saturated carbocycles. The Labute approximate surface area is 143 Å². The lowest BCUT2D eigenvalue weighted by Crippen LogP contribution is -2.04. The van der Waals surface area contributed by atoms with E-state index in [0.717, 1.165) is 12.1 Å². The van der Waals surface area contributed by atoms with Crippen LogP contribution in [-0.4, -0.2) is 21.9 Å². The summed E-state index contributed by atoms with van der Waals surface area (Å²) in [6, 6.07) is 3.94. The molecule has 0 aliphatic carbocycles. The molecule has 3 N–H and O–H groups in total. The van der Waals surface area contributed by atoms with Crippen LogP contribution in [0.3, 0.4) is 0 Å². The van der Waals surface area contributed by atoms with Crippen LogP contribution in [-0.2, 0) is 7.05 Å². The molecular formula is C17H17F2N5O. The second kappa shape index (κ2) is 6.39. The first-order valence-electron chi connectivity index (χ1n) is 7.46. The molecule has 0 amide bonds. The molecule has 8 heteroatoms. The Morgan fingerprint density at radius 1 is 1.20 bits per heavy atom. The number of methoxy groups -OCH3 is 1. The molecule has 0 bridgehead atoms. The van der Waals surface area contributed by atoms with Gasteiger partial charge in [-0.3, -0.25) is 9.67 Å². The molecule has 1 aromatic carbocycles. The average Bonchev–Trinajstić information content (AvgIpc) is 2.83. The number of ether oxygens (including phenoxy) is 1. The lowest BCUT2D eigenvalue weighted by atomic mass is 10.0. The van der Waals surface area contributed by atoms with Gasteiger partial charge in [0, 0.05) is 25.4 Å². The Kier molecular flexibility index (Phi) is 4.26. The van der Waals surface area contributed by atoms with E-state index in [1.54, 1.807) is 26.2 Å². The molecular weight excluding hydrogens is 328 g/mol. The Hall–Kier alpha value is -3.16. The van der Waals surface area contributed by atoms with Gasteiger partial charge in [-0.05, 0) is 13.0 Å². The van der Waals surface area contributed by atoms with Crippen molar-refractivity contribution in [2.75, 3.05) is 18.2 Å². The highest BCUT2D eigenvalue weighted by Gasteiger charge is 2.23. The van der Waals surface area contributed by atoms with Gasteiger partial charge in [-0.25, -0.2) is 8.78 Å². The fourth-order valence-corrected chi connectivity index (χ4v) is 2.66. The summed E-state index contributed by atoms with van der Waals surface area (Å²) >= 11 is 0. The van der Waals surface area contributed by atoms with Gasteiger partial charge in [-0.2, -0.15) is 5.10 Å². The molecule has 0 radical (unpaired) electrons. The quantitative estimate of drug-likeness (QED) is 0.758. The second-order valence-electron chi connectivity index (χ2n) is 5.49.